The molecule has 45 heavy (non-hydrogen) atoms. The van der Waals surface area contributed by atoms with Crippen LogP contribution < -0.4 is 14.4 Å². The Hall–Kier alpha value is -4.16. The summed E-state index contributed by atoms with van der Waals surface area (Å²) in [5.74, 6) is -8.97. The monoisotopic (exact) mass is 660 g/mol. The fourth-order valence-corrected chi connectivity index (χ4v) is 8.28. The van der Waals surface area contributed by atoms with Gasteiger partial charge in [0.25, 0.3) is 11.8 Å². The van der Waals surface area contributed by atoms with Gasteiger partial charge in [-0.2, -0.15) is 0 Å². The molecular formula is C31H27Cl2FN2O9. The lowest BCUT2D eigenvalue weighted by Crippen LogP contribution is -2.60. The van der Waals surface area contributed by atoms with Crippen molar-refractivity contribution in [3.63, 3.8) is 0 Å². The van der Waals surface area contributed by atoms with Crippen LogP contribution >= 0.6 is 23.2 Å². The minimum absolute atomic E-state index is 0.0275. The van der Waals surface area contributed by atoms with Crippen molar-refractivity contribution in [2.45, 2.75) is 34.9 Å². The number of allylic oxidation sites excluding steroid dienone is 2. The van der Waals surface area contributed by atoms with Crippen LogP contribution in [0, 0.1) is 23.6 Å². The van der Waals surface area contributed by atoms with Gasteiger partial charge in [0.15, 0.2) is 21.2 Å². The Balaban J connectivity index is 1.55. The van der Waals surface area contributed by atoms with Gasteiger partial charge in [0.1, 0.15) is 5.82 Å². The van der Waals surface area contributed by atoms with Gasteiger partial charge in [0.2, 0.25) is 17.6 Å². The van der Waals surface area contributed by atoms with Crippen LogP contribution in [0.5, 0.6) is 17.2 Å². The second-order valence-electron chi connectivity index (χ2n) is 11.5. The van der Waals surface area contributed by atoms with E-state index in [0.29, 0.717) is 5.57 Å². The van der Waals surface area contributed by atoms with Crippen LogP contribution in [0.2, 0.25) is 0 Å². The van der Waals surface area contributed by atoms with Crippen LogP contribution in [0.15, 0.2) is 48.0 Å². The molecule has 2 aromatic rings. The first kappa shape index (κ1) is 30.8. The number of imide groups is 2. The summed E-state index contributed by atoms with van der Waals surface area (Å²) < 4.78 is 24.5. The minimum Gasteiger partial charge on any atom is -0.502 e. The molecule has 11 nitrogen and oxygen atoms in total. The molecule has 3 fully saturated rings. The maximum Gasteiger partial charge on any atom is 0.305 e. The number of carbonyl (C=O) groups excluding carboxylic acids is 4. The highest BCUT2D eigenvalue weighted by Crippen LogP contribution is 2.66. The molecule has 6 rings (SSSR count). The number of hydrogen-bond donors (Lipinski definition) is 2. The van der Waals surface area contributed by atoms with E-state index in [9.17, 15) is 38.6 Å². The van der Waals surface area contributed by atoms with E-state index in [1.165, 1.54) is 38.5 Å². The Labute approximate surface area is 266 Å². The van der Waals surface area contributed by atoms with Crippen molar-refractivity contribution in [3.05, 3.63) is 59.4 Å². The Morgan fingerprint density at radius 2 is 1.62 bits per heavy atom. The molecule has 2 aliphatic carbocycles. The fourth-order valence-electron chi connectivity index (χ4n) is 7.35. The average molecular weight is 661 g/mol. The summed E-state index contributed by atoms with van der Waals surface area (Å²) in [7, 11) is 2.62. The van der Waals surface area contributed by atoms with Crippen molar-refractivity contribution >= 4 is 58.5 Å². The lowest BCUT2D eigenvalue weighted by Gasteiger charge is -2.50. The van der Waals surface area contributed by atoms with Crippen LogP contribution in [-0.4, -0.2) is 75.2 Å². The summed E-state index contributed by atoms with van der Waals surface area (Å²) in [6.45, 7) is -0.320. The highest BCUT2D eigenvalue weighted by atomic mass is 35.5. The quantitative estimate of drug-likeness (QED) is 0.258. The molecule has 236 valence electrons. The zero-order valence-electron chi connectivity index (χ0n) is 24.0. The number of carbonyl (C=O) groups is 5. The summed E-state index contributed by atoms with van der Waals surface area (Å²) in [4.78, 5) is 64.4. The lowest BCUT2D eigenvalue weighted by atomic mass is 9.56. The first-order chi connectivity index (χ1) is 21.3. The Kier molecular flexibility index (Phi) is 7.36. The molecule has 0 aromatic heterocycles. The van der Waals surface area contributed by atoms with Crippen molar-refractivity contribution in [2.75, 3.05) is 25.7 Å². The van der Waals surface area contributed by atoms with Crippen molar-refractivity contribution in [1.29, 1.82) is 0 Å². The van der Waals surface area contributed by atoms with E-state index in [2.05, 4.69) is 0 Å². The maximum absolute atomic E-state index is 14.4. The van der Waals surface area contributed by atoms with Gasteiger partial charge in [0, 0.05) is 12.5 Å². The first-order valence-corrected chi connectivity index (χ1v) is 14.8. The zero-order chi connectivity index (χ0) is 32.6. The Morgan fingerprint density at radius 3 is 2.20 bits per heavy atom. The number of hydrogen-bond acceptors (Lipinski definition) is 8. The number of anilines is 1. The average Bonchev–Trinajstić information content (AvgIpc) is 3.34. The molecule has 0 spiro atoms. The number of carboxylic acids is 1. The zero-order valence-corrected chi connectivity index (χ0v) is 25.5. The number of nitrogens with zero attached hydrogens (tertiary/aromatic N) is 2. The van der Waals surface area contributed by atoms with Crippen molar-refractivity contribution in [2.24, 2.45) is 17.8 Å². The van der Waals surface area contributed by atoms with Crippen LogP contribution in [0.3, 0.4) is 0 Å². The number of phenols is 1. The Bertz CT molecular complexity index is 1670. The van der Waals surface area contributed by atoms with E-state index in [1.807, 2.05) is 0 Å². The second-order valence-corrected chi connectivity index (χ2v) is 12.7. The van der Waals surface area contributed by atoms with Crippen LogP contribution in [0.4, 0.5) is 10.1 Å². The molecule has 6 atom stereocenters. The summed E-state index contributed by atoms with van der Waals surface area (Å²) >= 11 is 14.6. The maximum atomic E-state index is 14.4. The van der Waals surface area contributed by atoms with Crippen molar-refractivity contribution < 1.29 is 48.0 Å². The molecule has 0 radical (unpaired) electrons. The standard InChI is InChI=1S/C31H27Cl2FN2O9/c1-44-20-11-14(12-21(45-2)25(20)39)24-17-7-8-18-23(27(41)35(26(18)40)10-9-22(37)38)19(17)13-30(32)28(42)36(29(43)31(24,30)33)16-5-3-15(34)4-6-16/h3-7,11-12,18-19,23-24,39H,8-10,13H2,1-2H3,(H,37,38)/t18-,19+,23-,24-,30+,31-/m0/s1. The third kappa shape index (κ3) is 4.25. The minimum atomic E-state index is -2.20. The van der Waals surface area contributed by atoms with Gasteiger partial charge >= 0.3 is 5.97 Å². The summed E-state index contributed by atoms with van der Waals surface area (Å²) in [5.41, 5.74) is 0.778. The van der Waals surface area contributed by atoms with Gasteiger partial charge in [-0.3, -0.25) is 28.9 Å². The van der Waals surface area contributed by atoms with E-state index in [-0.39, 0.29) is 47.9 Å². The highest BCUT2D eigenvalue weighted by molar-refractivity contribution is 6.58. The number of aromatic hydroxyl groups is 1. The normalized spacial score (nSPS) is 30.6. The molecule has 14 heteroatoms. The van der Waals surface area contributed by atoms with Gasteiger partial charge in [-0.25, -0.2) is 9.29 Å². The molecule has 2 saturated heterocycles. The fraction of sp³-hybridized carbons (Fsp3) is 0.387. The molecule has 4 aliphatic rings. The number of ether oxygens (including phenoxy) is 2. The lowest BCUT2D eigenvalue weighted by molar-refractivity contribution is -0.142. The van der Waals surface area contributed by atoms with E-state index in [0.717, 1.165) is 21.9 Å². The van der Waals surface area contributed by atoms with Gasteiger partial charge < -0.3 is 19.7 Å². The molecule has 4 amide bonds. The molecule has 2 N–H and O–H groups in total. The summed E-state index contributed by atoms with van der Waals surface area (Å²) in [6.07, 6.45) is 1.05. The number of methoxy groups -OCH3 is 2. The van der Waals surface area contributed by atoms with Crippen LogP contribution in [0.25, 0.3) is 0 Å². The van der Waals surface area contributed by atoms with Crippen molar-refractivity contribution in [1.82, 2.24) is 4.90 Å². The van der Waals surface area contributed by atoms with E-state index in [4.69, 9.17) is 32.7 Å². The molecule has 2 aromatic carbocycles. The van der Waals surface area contributed by atoms with E-state index >= 15 is 0 Å². The smallest absolute Gasteiger partial charge is 0.305 e. The number of aliphatic carboxylic acids is 1. The number of benzene rings is 2. The SMILES string of the molecule is COc1cc([C@H]2C3=CC[C@@H]4C(=O)N(CCC(=O)O)C(=O)[C@@H]4[C@@H]3C[C@@]3(Cl)C(=O)N(c4ccc(F)cc4)C(=O)[C@@]23Cl)cc(OC)c1O. The van der Waals surface area contributed by atoms with Crippen LogP contribution in [-0.2, 0) is 24.0 Å². The highest BCUT2D eigenvalue weighted by Gasteiger charge is 2.76. The second kappa shape index (κ2) is 10.7. The number of likely N-dealkylation sites (tertiary alicyclic amines) is 1. The number of amides is 4. The molecule has 0 bridgehead atoms. The molecule has 2 aliphatic heterocycles. The number of alkyl halides is 2. The molecular weight excluding hydrogens is 634 g/mol. The first-order valence-electron chi connectivity index (χ1n) is 14.0. The number of carboxylic acid groups (broad SMARTS) is 1. The third-order valence-corrected chi connectivity index (χ3v) is 10.8. The third-order valence-electron chi connectivity index (χ3n) is 9.37. The van der Waals surface area contributed by atoms with Gasteiger partial charge in [0.05, 0.1) is 38.2 Å². The Morgan fingerprint density at radius 1 is 1.00 bits per heavy atom. The molecule has 1 saturated carbocycles. The van der Waals surface area contributed by atoms with Gasteiger partial charge in [-0.1, -0.05) is 11.6 Å². The van der Waals surface area contributed by atoms with Crippen molar-refractivity contribution in [3.8, 4) is 17.2 Å². The number of phenolic OH excluding ortho intramolecular Hbond substituents is 1. The molecule has 2 heterocycles. The summed E-state index contributed by atoms with van der Waals surface area (Å²) in [6, 6.07) is 7.50. The van der Waals surface area contributed by atoms with Gasteiger partial charge in [-0.05, 0) is 60.7 Å². The predicted molar refractivity (Wildman–Crippen MR) is 157 cm³/mol. The topological polar surface area (TPSA) is 151 Å². The predicted octanol–water partition coefficient (Wildman–Crippen LogP) is 3.59. The summed E-state index contributed by atoms with van der Waals surface area (Å²) in [5, 5.41) is 19.8. The van der Waals surface area contributed by atoms with Crippen LogP contribution in [0.1, 0.15) is 30.7 Å². The van der Waals surface area contributed by atoms with E-state index in [1.54, 1.807) is 6.08 Å². The largest absolute Gasteiger partial charge is 0.502 e. The van der Waals surface area contributed by atoms with E-state index < -0.39 is 75.3 Å². The number of rotatable bonds is 7. The number of fused-ring (bicyclic) bond motifs is 4. The van der Waals surface area contributed by atoms with Gasteiger partial charge in [-0.15, -0.1) is 23.2 Å². The molecule has 0 unspecified atom stereocenters. The number of halogens is 3.